The highest BCUT2D eigenvalue weighted by Gasteiger charge is 2.17. The summed E-state index contributed by atoms with van der Waals surface area (Å²) >= 11 is 3.73. The fraction of sp³-hybridized carbons (Fsp3) is 0. The molecular formula is C48H29NS2. The normalized spacial score (nSPS) is 11.9. The first-order chi connectivity index (χ1) is 25.3. The molecule has 0 saturated heterocycles. The highest BCUT2D eigenvalue weighted by molar-refractivity contribution is 7.26. The second-order valence-electron chi connectivity index (χ2n) is 13.3. The van der Waals surface area contributed by atoms with Gasteiger partial charge in [0, 0.05) is 57.4 Å². The molecule has 238 valence electrons. The Balaban J connectivity index is 1.08. The molecule has 0 spiro atoms. The van der Waals surface area contributed by atoms with Crippen LogP contribution in [0.25, 0.3) is 83.8 Å². The van der Waals surface area contributed by atoms with Crippen LogP contribution in [-0.4, -0.2) is 0 Å². The zero-order valence-corrected chi connectivity index (χ0v) is 29.1. The summed E-state index contributed by atoms with van der Waals surface area (Å²) in [6.45, 7) is 0. The van der Waals surface area contributed by atoms with Crippen molar-refractivity contribution in [2.45, 2.75) is 0 Å². The molecule has 0 fully saturated rings. The molecule has 0 aliphatic rings. The van der Waals surface area contributed by atoms with Gasteiger partial charge < -0.3 is 4.90 Å². The number of thiophene rings is 2. The summed E-state index contributed by atoms with van der Waals surface area (Å²) < 4.78 is 5.24. The van der Waals surface area contributed by atoms with Crippen molar-refractivity contribution in [2.75, 3.05) is 4.90 Å². The Kier molecular flexibility index (Phi) is 6.36. The second kappa shape index (κ2) is 11.3. The maximum absolute atomic E-state index is 2.42. The molecule has 0 unspecified atom stereocenters. The summed E-state index contributed by atoms with van der Waals surface area (Å²) in [5.41, 5.74) is 5.92. The van der Waals surface area contributed by atoms with E-state index in [-0.39, 0.29) is 0 Å². The summed E-state index contributed by atoms with van der Waals surface area (Å²) in [7, 11) is 0. The van der Waals surface area contributed by atoms with Crippen LogP contribution in [0, 0.1) is 0 Å². The van der Waals surface area contributed by atoms with Crippen LogP contribution >= 0.6 is 22.7 Å². The van der Waals surface area contributed by atoms with Gasteiger partial charge in [-0.3, -0.25) is 0 Å². The van der Waals surface area contributed by atoms with E-state index < -0.39 is 0 Å². The molecule has 9 aromatic carbocycles. The molecule has 3 heteroatoms. The summed E-state index contributed by atoms with van der Waals surface area (Å²) in [4.78, 5) is 2.42. The van der Waals surface area contributed by atoms with Crippen LogP contribution in [0.4, 0.5) is 17.1 Å². The van der Waals surface area contributed by atoms with Crippen molar-refractivity contribution in [2.24, 2.45) is 0 Å². The number of benzene rings is 9. The molecule has 0 aliphatic carbocycles. The Labute approximate surface area is 302 Å². The smallest absolute Gasteiger partial charge is 0.0476 e. The van der Waals surface area contributed by atoms with Gasteiger partial charge in [0.25, 0.3) is 0 Å². The van der Waals surface area contributed by atoms with Crippen molar-refractivity contribution in [3.8, 4) is 11.1 Å². The van der Waals surface area contributed by atoms with E-state index in [9.17, 15) is 0 Å². The van der Waals surface area contributed by atoms with Crippen molar-refractivity contribution in [1.82, 2.24) is 0 Å². The minimum atomic E-state index is 1.13. The van der Waals surface area contributed by atoms with Crippen molar-refractivity contribution in [3.63, 3.8) is 0 Å². The van der Waals surface area contributed by atoms with E-state index in [0.717, 1.165) is 17.1 Å². The third kappa shape index (κ3) is 4.52. The van der Waals surface area contributed by atoms with E-state index >= 15 is 0 Å². The Morgan fingerprint density at radius 3 is 1.51 bits per heavy atom. The summed E-state index contributed by atoms with van der Waals surface area (Å²) in [5, 5.41) is 13.0. The van der Waals surface area contributed by atoms with Gasteiger partial charge in [-0.2, -0.15) is 0 Å². The van der Waals surface area contributed by atoms with Gasteiger partial charge in [-0.05, 0) is 92.0 Å². The lowest BCUT2D eigenvalue weighted by molar-refractivity contribution is 1.30. The number of nitrogens with zero attached hydrogens (tertiary/aromatic N) is 1. The van der Waals surface area contributed by atoms with Crippen molar-refractivity contribution in [3.05, 3.63) is 176 Å². The Hall–Kier alpha value is -6.00. The predicted octanol–water partition coefficient (Wildman–Crippen LogP) is 15.0. The van der Waals surface area contributed by atoms with Crippen LogP contribution in [-0.2, 0) is 0 Å². The van der Waals surface area contributed by atoms with Crippen molar-refractivity contribution in [1.29, 1.82) is 0 Å². The molecule has 11 rings (SSSR count). The standard InChI is InChI=1S/C48H29NS2/c1-2-10-36-30(8-1)18-25-43-38(36)24-19-32-9-7-13-37(48(32)43)31-16-20-33(21-17-31)49(34-22-26-41-39-11-3-5-14-44(39)50-46(41)28-34)35-23-27-42-40-12-4-6-15-45(40)51-47(42)29-35/h1-29H. The monoisotopic (exact) mass is 683 g/mol. The minimum Gasteiger partial charge on any atom is -0.310 e. The zero-order chi connectivity index (χ0) is 33.5. The number of anilines is 3. The highest BCUT2D eigenvalue weighted by atomic mass is 32.1. The molecular weight excluding hydrogens is 655 g/mol. The van der Waals surface area contributed by atoms with Crippen LogP contribution in [0.2, 0.25) is 0 Å². The first kappa shape index (κ1) is 28.8. The Morgan fingerprint density at radius 2 is 0.824 bits per heavy atom. The number of fused-ring (bicyclic) bond motifs is 11. The maximum atomic E-state index is 2.42. The van der Waals surface area contributed by atoms with Crippen LogP contribution in [0.5, 0.6) is 0 Å². The average Bonchev–Trinajstić information content (AvgIpc) is 3.75. The lowest BCUT2D eigenvalue weighted by Gasteiger charge is -2.26. The molecule has 0 aliphatic heterocycles. The van der Waals surface area contributed by atoms with Gasteiger partial charge in [0.15, 0.2) is 0 Å². The molecule has 1 nitrogen and oxygen atoms in total. The quantitative estimate of drug-likeness (QED) is 0.167. The zero-order valence-electron chi connectivity index (χ0n) is 27.5. The highest BCUT2D eigenvalue weighted by Crippen LogP contribution is 2.44. The summed E-state index contributed by atoms with van der Waals surface area (Å²) in [6, 6.07) is 65.0. The number of rotatable bonds is 4. The third-order valence-corrected chi connectivity index (χ3v) is 12.7. The van der Waals surface area contributed by atoms with Gasteiger partial charge in [0.1, 0.15) is 0 Å². The van der Waals surface area contributed by atoms with E-state index in [1.54, 1.807) is 0 Å². The number of hydrogen-bond acceptors (Lipinski definition) is 3. The van der Waals surface area contributed by atoms with Gasteiger partial charge in [-0.15, -0.1) is 22.7 Å². The SMILES string of the molecule is c1ccc2c(c1)ccc1c2ccc2cccc(-c3ccc(N(c4ccc5c(c4)sc4ccccc45)c4ccc5c(c4)sc4ccccc45)cc3)c21. The van der Waals surface area contributed by atoms with Gasteiger partial charge in [0.2, 0.25) is 0 Å². The lowest BCUT2D eigenvalue weighted by Crippen LogP contribution is -2.09. The summed E-state index contributed by atoms with van der Waals surface area (Å²) in [6.07, 6.45) is 0. The molecule has 2 heterocycles. The van der Waals surface area contributed by atoms with Gasteiger partial charge in [-0.25, -0.2) is 0 Å². The predicted molar refractivity (Wildman–Crippen MR) is 225 cm³/mol. The van der Waals surface area contributed by atoms with Crippen LogP contribution in [0.1, 0.15) is 0 Å². The van der Waals surface area contributed by atoms with Crippen LogP contribution in [0.15, 0.2) is 176 Å². The minimum absolute atomic E-state index is 1.13. The largest absolute Gasteiger partial charge is 0.310 e. The Bertz CT molecular complexity index is 3030. The number of hydrogen-bond donors (Lipinski definition) is 0. The first-order valence-corrected chi connectivity index (χ1v) is 19.0. The van der Waals surface area contributed by atoms with E-state index in [1.807, 2.05) is 22.7 Å². The van der Waals surface area contributed by atoms with Crippen LogP contribution < -0.4 is 4.90 Å². The molecule has 0 amide bonds. The third-order valence-electron chi connectivity index (χ3n) is 10.4. The Morgan fingerprint density at radius 1 is 0.314 bits per heavy atom. The van der Waals surface area contributed by atoms with Gasteiger partial charge >= 0.3 is 0 Å². The molecule has 0 N–H and O–H groups in total. The van der Waals surface area contributed by atoms with E-state index in [2.05, 4.69) is 181 Å². The topological polar surface area (TPSA) is 3.24 Å². The van der Waals surface area contributed by atoms with Gasteiger partial charge in [0.05, 0.1) is 0 Å². The van der Waals surface area contributed by atoms with E-state index in [0.29, 0.717) is 0 Å². The molecule has 0 saturated carbocycles. The van der Waals surface area contributed by atoms with Crippen LogP contribution in [0.3, 0.4) is 0 Å². The molecule has 11 aromatic rings. The molecule has 51 heavy (non-hydrogen) atoms. The first-order valence-electron chi connectivity index (χ1n) is 17.3. The van der Waals surface area contributed by atoms with E-state index in [4.69, 9.17) is 0 Å². The fourth-order valence-electron chi connectivity index (χ4n) is 8.06. The molecule has 0 atom stereocenters. The molecule has 2 aromatic heterocycles. The summed E-state index contributed by atoms with van der Waals surface area (Å²) in [5.74, 6) is 0. The van der Waals surface area contributed by atoms with Crippen molar-refractivity contribution < 1.29 is 0 Å². The van der Waals surface area contributed by atoms with Gasteiger partial charge in [-0.1, -0.05) is 127 Å². The van der Waals surface area contributed by atoms with Crippen molar-refractivity contribution >= 4 is 112 Å². The average molecular weight is 684 g/mol. The molecule has 0 radical (unpaired) electrons. The maximum Gasteiger partial charge on any atom is 0.0476 e. The molecule has 0 bridgehead atoms. The second-order valence-corrected chi connectivity index (χ2v) is 15.5. The van der Waals surface area contributed by atoms with E-state index in [1.165, 1.54) is 83.8 Å². The lowest BCUT2D eigenvalue weighted by atomic mass is 9.91. The fourth-order valence-corrected chi connectivity index (χ4v) is 10.3.